The van der Waals surface area contributed by atoms with Gasteiger partial charge in [-0.05, 0) is 31.0 Å². The van der Waals surface area contributed by atoms with Gasteiger partial charge in [0.2, 0.25) is 5.91 Å². The van der Waals surface area contributed by atoms with Gasteiger partial charge in [-0.25, -0.2) is 9.18 Å². The molecule has 2 N–H and O–H groups in total. The number of hydrogen-bond donors (Lipinski definition) is 2. The van der Waals surface area contributed by atoms with E-state index in [0.29, 0.717) is 6.04 Å². The van der Waals surface area contributed by atoms with Gasteiger partial charge in [0.25, 0.3) is 0 Å². The summed E-state index contributed by atoms with van der Waals surface area (Å²) in [5.74, 6) is -1.47. The second kappa shape index (κ2) is 5.79. The van der Waals surface area contributed by atoms with E-state index in [1.165, 1.54) is 13.2 Å². The van der Waals surface area contributed by atoms with E-state index in [2.05, 4.69) is 15.4 Å². The molecule has 5 nitrogen and oxygen atoms in total. The van der Waals surface area contributed by atoms with Crippen LogP contribution in [0, 0.1) is 5.82 Å². The van der Waals surface area contributed by atoms with Crippen molar-refractivity contribution < 1.29 is 18.7 Å². The fraction of sp³-hybridized carbons (Fsp3) is 0.385. The molecule has 1 amide bonds. The molecule has 0 heterocycles. The zero-order chi connectivity index (χ0) is 13.8. The van der Waals surface area contributed by atoms with Crippen LogP contribution in [-0.2, 0) is 9.53 Å². The molecular weight excluding hydrogens is 251 g/mol. The van der Waals surface area contributed by atoms with E-state index < -0.39 is 11.8 Å². The standard InChI is InChI=1S/C13H15FN2O3/c1-19-13(18)10-5-2-8(14)6-11(10)16-12(17)7-15-9-3-4-9/h2,5-6,9,15H,3-4,7H2,1H3,(H,16,17). The highest BCUT2D eigenvalue weighted by atomic mass is 19.1. The zero-order valence-electron chi connectivity index (χ0n) is 10.5. The molecular formula is C13H15FN2O3. The summed E-state index contributed by atoms with van der Waals surface area (Å²) in [5, 5.41) is 5.54. The van der Waals surface area contributed by atoms with E-state index >= 15 is 0 Å². The lowest BCUT2D eigenvalue weighted by atomic mass is 10.1. The van der Waals surface area contributed by atoms with E-state index in [9.17, 15) is 14.0 Å². The number of halogens is 1. The first-order chi connectivity index (χ1) is 9.10. The number of carbonyl (C=O) groups excluding carboxylic acids is 2. The average molecular weight is 266 g/mol. The number of carbonyl (C=O) groups is 2. The van der Waals surface area contributed by atoms with Crippen LogP contribution in [0.2, 0.25) is 0 Å². The second-order valence-electron chi connectivity index (χ2n) is 4.38. The molecule has 0 saturated heterocycles. The number of hydrogen-bond acceptors (Lipinski definition) is 4. The van der Waals surface area contributed by atoms with Crippen LogP contribution < -0.4 is 10.6 Å². The van der Waals surface area contributed by atoms with Gasteiger partial charge in [0, 0.05) is 6.04 Å². The van der Waals surface area contributed by atoms with Gasteiger partial charge in [-0.2, -0.15) is 0 Å². The Hall–Kier alpha value is -1.95. The average Bonchev–Trinajstić information content (AvgIpc) is 3.20. The lowest BCUT2D eigenvalue weighted by Crippen LogP contribution is -2.30. The summed E-state index contributed by atoms with van der Waals surface area (Å²) in [5.41, 5.74) is 0.248. The minimum Gasteiger partial charge on any atom is -0.465 e. The number of benzene rings is 1. The predicted octanol–water partition coefficient (Wildman–Crippen LogP) is 1.30. The topological polar surface area (TPSA) is 67.4 Å². The van der Waals surface area contributed by atoms with E-state index in [-0.39, 0.29) is 23.7 Å². The third-order valence-electron chi connectivity index (χ3n) is 2.79. The van der Waals surface area contributed by atoms with E-state index in [0.717, 1.165) is 25.0 Å². The van der Waals surface area contributed by atoms with Crippen LogP contribution >= 0.6 is 0 Å². The summed E-state index contributed by atoms with van der Waals surface area (Å²) < 4.78 is 17.7. The van der Waals surface area contributed by atoms with Crippen molar-refractivity contribution in [1.29, 1.82) is 0 Å². The molecule has 0 unspecified atom stereocenters. The van der Waals surface area contributed by atoms with Gasteiger partial charge in [0.05, 0.1) is 24.9 Å². The molecule has 1 aliphatic rings. The number of ether oxygens (including phenoxy) is 1. The molecule has 1 aromatic carbocycles. The number of methoxy groups -OCH3 is 1. The molecule has 0 radical (unpaired) electrons. The maximum absolute atomic E-state index is 13.2. The molecule has 2 rings (SSSR count). The molecule has 1 fully saturated rings. The van der Waals surface area contributed by atoms with Gasteiger partial charge in [-0.3, -0.25) is 4.79 Å². The van der Waals surface area contributed by atoms with Crippen LogP contribution in [-0.4, -0.2) is 31.6 Å². The van der Waals surface area contributed by atoms with E-state index in [1.54, 1.807) is 0 Å². The van der Waals surface area contributed by atoms with Crippen molar-refractivity contribution in [2.45, 2.75) is 18.9 Å². The normalized spacial score (nSPS) is 14.0. The summed E-state index contributed by atoms with van der Waals surface area (Å²) in [6.07, 6.45) is 2.14. The molecule has 0 aromatic heterocycles. The Morgan fingerprint density at radius 3 is 2.79 bits per heavy atom. The quantitative estimate of drug-likeness (QED) is 0.788. The molecule has 0 atom stereocenters. The van der Waals surface area contributed by atoms with Crippen LogP contribution in [0.1, 0.15) is 23.2 Å². The summed E-state index contributed by atoms with van der Waals surface area (Å²) in [4.78, 5) is 23.2. The first-order valence-electron chi connectivity index (χ1n) is 6.01. The second-order valence-corrected chi connectivity index (χ2v) is 4.38. The predicted molar refractivity (Wildman–Crippen MR) is 67.4 cm³/mol. The lowest BCUT2D eigenvalue weighted by Gasteiger charge is -2.10. The maximum Gasteiger partial charge on any atom is 0.339 e. The minimum atomic E-state index is -0.620. The molecule has 0 aliphatic heterocycles. The Morgan fingerprint density at radius 1 is 1.42 bits per heavy atom. The van der Waals surface area contributed by atoms with Crippen LogP contribution in [0.15, 0.2) is 18.2 Å². The minimum absolute atomic E-state index is 0.120. The van der Waals surface area contributed by atoms with Crippen molar-refractivity contribution in [2.24, 2.45) is 0 Å². The molecule has 6 heteroatoms. The van der Waals surface area contributed by atoms with Gasteiger partial charge in [-0.1, -0.05) is 0 Å². The Morgan fingerprint density at radius 2 is 2.16 bits per heavy atom. The summed E-state index contributed by atoms with van der Waals surface area (Å²) in [7, 11) is 1.23. The summed E-state index contributed by atoms with van der Waals surface area (Å²) >= 11 is 0. The highest BCUT2D eigenvalue weighted by molar-refractivity contribution is 6.01. The van der Waals surface area contributed by atoms with Crippen molar-refractivity contribution in [3.8, 4) is 0 Å². The van der Waals surface area contributed by atoms with Gasteiger partial charge >= 0.3 is 5.97 Å². The SMILES string of the molecule is COC(=O)c1ccc(F)cc1NC(=O)CNC1CC1. The Labute approximate surface area is 110 Å². The Kier molecular flexibility index (Phi) is 4.11. The van der Waals surface area contributed by atoms with Crippen molar-refractivity contribution in [1.82, 2.24) is 5.32 Å². The molecule has 19 heavy (non-hydrogen) atoms. The van der Waals surface area contributed by atoms with Crippen LogP contribution in [0.4, 0.5) is 10.1 Å². The first-order valence-corrected chi connectivity index (χ1v) is 6.01. The van der Waals surface area contributed by atoms with E-state index in [4.69, 9.17) is 0 Å². The van der Waals surface area contributed by atoms with E-state index in [1.807, 2.05) is 0 Å². The zero-order valence-corrected chi connectivity index (χ0v) is 10.5. The molecule has 0 spiro atoms. The van der Waals surface area contributed by atoms with Crippen molar-refractivity contribution in [3.05, 3.63) is 29.6 Å². The summed E-state index contributed by atoms with van der Waals surface area (Å²) in [6.45, 7) is 0.141. The van der Waals surface area contributed by atoms with Crippen LogP contribution in [0.3, 0.4) is 0 Å². The monoisotopic (exact) mass is 266 g/mol. The number of rotatable bonds is 5. The molecule has 1 aliphatic carbocycles. The molecule has 1 saturated carbocycles. The first kappa shape index (κ1) is 13.5. The van der Waals surface area contributed by atoms with Gasteiger partial charge in [-0.15, -0.1) is 0 Å². The van der Waals surface area contributed by atoms with Crippen molar-refractivity contribution >= 4 is 17.6 Å². The molecule has 102 valence electrons. The Balaban J connectivity index is 2.05. The van der Waals surface area contributed by atoms with Crippen molar-refractivity contribution in [3.63, 3.8) is 0 Å². The molecule has 0 bridgehead atoms. The smallest absolute Gasteiger partial charge is 0.339 e. The number of nitrogens with one attached hydrogen (secondary N) is 2. The third-order valence-corrected chi connectivity index (χ3v) is 2.79. The maximum atomic E-state index is 13.2. The van der Waals surface area contributed by atoms with Gasteiger partial charge in [0.1, 0.15) is 5.82 Å². The largest absolute Gasteiger partial charge is 0.465 e. The van der Waals surface area contributed by atoms with Crippen LogP contribution in [0.25, 0.3) is 0 Å². The van der Waals surface area contributed by atoms with Gasteiger partial charge < -0.3 is 15.4 Å². The number of esters is 1. The summed E-state index contributed by atoms with van der Waals surface area (Å²) in [6, 6.07) is 3.93. The lowest BCUT2D eigenvalue weighted by molar-refractivity contribution is -0.115. The van der Waals surface area contributed by atoms with Gasteiger partial charge in [0.15, 0.2) is 0 Å². The third kappa shape index (κ3) is 3.75. The number of amides is 1. The van der Waals surface area contributed by atoms with Crippen molar-refractivity contribution in [2.75, 3.05) is 19.0 Å². The number of anilines is 1. The van der Waals surface area contributed by atoms with Crippen LogP contribution in [0.5, 0.6) is 0 Å². The molecule has 1 aromatic rings. The highest BCUT2D eigenvalue weighted by Crippen LogP contribution is 2.19. The highest BCUT2D eigenvalue weighted by Gasteiger charge is 2.21. The fourth-order valence-electron chi connectivity index (χ4n) is 1.63. The Bertz CT molecular complexity index is 501. The fourth-order valence-corrected chi connectivity index (χ4v) is 1.63.